The van der Waals surface area contributed by atoms with Gasteiger partial charge in [0.25, 0.3) is 0 Å². The second kappa shape index (κ2) is 7.65. The maximum Gasteiger partial charge on any atom is 0.243 e. The lowest BCUT2D eigenvalue weighted by atomic mass is 10.2. The van der Waals surface area contributed by atoms with Gasteiger partial charge < -0.3 is 4.90 Å². The first kappa shape index (κ1) is 18.7. The number of hydrogen-bond acceptors (Lipinski definition) is 3. The molecule has 1 fully saturated rings. The Labute approximate surface area is 153 Å². The zero-order valence-corrected chi connectivity index (χ0v) is 15.4. The Bertz CT molecular complexity index is 907. The van der Waals surface area contributed by atoms with Crippen molar-refractivity contribution in [3.63, 3.8) is 0 Å². The van der Waals surface area contributed by atoms with Gasteiger partial charge in [0.2, 0.25) is 10.0 Å². The maximum absolute atomic E-state index is 13.8. The standard InChI is InChI=1S/C19H21FN2O3S/c1-15(23)16-6-4-7-18(13-16)26(24,25)22-11-9-21(10-12-22)14-17-5-2-3-8-19(17)20/h2-8,13H,9-12,14H2,1H3/p+1. The van der Waals surface area contributed by atoms with Gasteiger partial charge in [0.05, 0.1) is 31.1 Å². The first-order valence-corrected chi connectivity index (χ1v) is 10.00. The van der Waals surface area contributed by atoms with Crippen LogP contribution in [-0.4, -0.2) is 44.7 Å². The Morgan fingerprint density at radius 1 is 1.12 bits per heavy atom. The van der Waals surface area contributed by atoms with Crippen molar-refractivity contribution in [1.82, 2.24) is 4.31 Å². The number of piperazine rings is 1. The van der Waals surface area contributed by atoms with Crippen LogP contribution in [0.4, 0.5) is 4.39 Å². The summed E-state index contributed by atoms with van der Waals surface area (Å²) in [5.41, 5.74) is 1.03. The third-order valence-corrected chi connectivity index (χ3v) is 6.60. The van der Waals surface area contributed by atoms with Crippen LogP contribution in [0.1, 0.15) is 22.8 Å². The van der Waals surface area contributed by atoms with Gasteiger partial charge in [-0.25, -0.2) is 12.8 Å². The van der Waals surface area contributed by atoms with Gasteiger partial charge in [-0.05, 0) is 25.1 Å². The molecule has 0 saturated carbocycles. The fraction of sp³-hybridized carbons (Fsp3) is 0.316. The molecule has 0 aromatic heterocycles. The highest BCUT2D eigenvalue weighted by molar-refractivity contribution is 7.89. The third-order valence-electron chi connectivity index (χ3n) is 4.71. The van der Waals surface area contributed by atoms with Crippen LogP contribution in [0.25, 0.3) is 0 Å². The lowest BCUT2D eigenvalue weighted by molar-refractivity contribution is -0.917. The minimum Gasteiger partial charge on any atom is -0.329 e. The zero-order chi connectivity index (χ0) is 18.7. The van der Waals surface area contributed by atoms with Crippen LogP contribution in [0.3, 0.4) is 0 Å². The Hall–Kier alpha value is -2.09. The summed E-state index contributed by atoms with van der Waals surface area (Å²) in [6.07, 6.45) is 0. The molecule has 1 aliphatic heterocycles. The van der Waals surface area contributed by atoms with Crippen molar-refractivity contribution in [2.45, 2.75) is 18.4 Å². The van der Waals surface area contributed by atoms with E-state index < -0.39 is 10.0 Å². The van der Waals surface area contributed by atoms with E-state index in [1.807, 2.05) is 0 Å². The molecule has 3 rings (SSSR count). The van der Waals surface area contributed by atoms with Crippen molar-refractivity contribution in [2.75, 3.05) is 26.2 Å². The van der Waals surface area contributed by atoms with Gasteiger partial charge in [0.15, 0.2) is 5.78 Å². The first-order chi connectivity index (χ1) is 12.4. The first-order valence-electron chi connectivity index (χ1n) is 8.56. The van der Waals surface area contributed by atoms with E-state index in [1.54, 1.807) is 30.3 Å². The average molecular weight is 377 g/mol. The number of ketones is 1. The van der Waals surface area contributed by atoms with E-state index in [0.717, 1.165) is 4.90 Å². The van der Waals surface area contributed by atoms with Crippen LogP contribution in [0.15, 0.2) is 53.4 Å². The number of benzene rings is 2. The largest absolute Gasteiger partial charge is 0.329 e. The van der Waals surface area contributed by atoms with Gasteiger partial charge in [-0.15, -0.1) is 0 Å². The molecule has 0 spiro atoms. The molecule has 1 saturated heterocycles. The van der Waals surface area contributed by atoms with E-state index in [0.29, 0.717) is 43.9 Å². The highest BCUT2D eigenvalue weighted by Crippen LogP contribution is 2.17. The van der Waals surface area contributed by atoms with Crippen molar-refractivity contribution in [3.05, 3.63) is 65.5 Å². The number of carbonyl (C=O) groups is 1. The van der Waals surface area contributed by atoms with Crippen LogP contribution in [0.2, 0.25) is 0 Å². The smallest absolute Gasteiger partial charge is 0.243 e. The van der Waals surface area contributed by atoms with Crippen molar-refractivity contribution in [2.24, 2.45) is 0 Å². The fourth-order valence-electron chi connectivity index (χ4n) is 3.16. The van der Waals surface area contributed by atoms with Gasteiger partial charge >= 0.3 is 0 Å². The predicted octanol–water partition coefficient (Wildman–Crippen LogP) is 1.12. The molecule has 2 aromatic rings. The molecule has 0 amide bonds. The Morgan fingerprint density at radius 3 is 2.46 bits per heavy atom. The molecule has 1 heterocycles. The number of Topliss-reactive ketones (excluding diaryl/α,β-unsaturated/α-hetero) is 1. The molecule has 26 heavy (non-hydrogen) atoms. The molecule has 0 aliphatic carbocycles. The fourth-order valence-corrected chi connectivity index (χ4v) is 4.64. The second-order valence-corrected chi connectivity index (χ2v) is 8.44. The molecule has 7 heteroatoms. The van der Waals surface area contributed by atoms with Crippen molar-refractivity contribution in [1.29, 1.82) is 0 Å². The van der Waals surface area contributed by atoms with Gasteiger partial charge in [-0.2, -0.15) is 4.31 Å². The monoisotopic (exact) mass is 377 g/mol. The van der Waals surface area contributed by atoms with Crippen LogP contribution in [-0.2, 0) is 16.6 Å². The minimum atomic E-state index is -3.63. The Morgan fingerprint density at radius 2 is 1.81 bits per heavy atom. The Balaban J connectivity index is 1.68. The number of nitrogens with zero attached hydrogens (tertiary/aromatic N) is 1. The van der Waals surface area contributed by atoms with E-state index in [-0.39, 0.29) is 16.5 Å². The highest BCUT2D eigenvalue weighted by Gasteiger charge is 2.30. The van der Waals surface area contributed by atoms with E-state index in [1.165, 1.54) is 29.4 Å². The normalized spacial score (nSPS) is 16.5. The highest BCUT2D eigenvalue weighted by atomic mass is 32.2. The maximum atomic E-state index is 13.8. The van der Waals surface area contributed by atoms with Gasteiger partial charge in [-0.3, -0.25) is 4.79 Å². The molecule has 0 radical (unpaired) electrons. The predicted molar refractivity (Wildman–Crippen MR) is 96.0 cm³/mol. The van der Waals surface area contributed by atoms with Gasteiger partial charge in [-0.1, -0.05) is 30.3 Å². The quantitative estimate of drug-likeness (QED) is 0.795. The Kier molecular flexibility index (Phi) is 5.50. The molecule has 0 bridgehead atoms. The third kappa shape index (κ3) is 4.00. The molecule has 1 N–H and O–H groups in total. The lowest BCUT2D eigenvalue weighted by Crippen LogP contribution is -3.13. The van der Waals surface area contributed by atoms with Crippen LogP contribution < -0.4 is 4.90 Å². The summed E-state index contributed by atoms with van der Waals surface area (Å²) in [5.74, 6) is -0.391. The van der Waals surface area contributed by atoms with Crippen LogP contribution in [0.5, 0.6) is 0 Å². The number of rotatable bonds is 5. The molecule has 138 valence electrons. The van der Waals surface area contributed by atoms with Crippen molar-refractivity contribution >= 4 is 15.8 Å². The molecular formula is C19H22FN2O3S+. The molecule has 1 aliphatic rings. The van der Waals surface area contributed by atoms with Crippen LogP contribution >= 0.6 is 0 Å². The summed E-state index contributed by atoms with van der Waals surface area (Å²) < 4.78 is 40.9. The molecule has 0 atom stereocenters. The number of hydrogen-bond donors (Lipinski definition) is 1. The van der Waals surface area contributed by atoms with E-state index >= 15 is 0 Å². The van der Waals surface area contributed by atoms with Gasteiger partial charge in [0.1, 0.15) is 12.4 Å². The summed E-state index contributed by atoms with van der Waals surface area (Å²) in [5, 5.41) is 0. The number of halogens is 1. The van der Waals surface area contributed by atoms with E-state index in [4.69, 9.17) is 0 Å². The average Bonchev–Trinajstić information content (AvgIpc) is 2.64. The SMILES string of the molecule is CC(=O)c1cccc(S(=O)(=O)N2CC[NH+](Cc3ccccc3F)CC2)c1. The minimum absolute atomic E-state index is 0.141. The lowest BCUT2D eigenvalue weighted by Gasteiger charge is -2.31. The summed E-state index contributed by atoms with van der Waals surface area (Å²) in [6.45, 7) is 3.92. The van der Waals surface area contributed by atoms with E-state index in [9.17, 15) is 17.6 Å². The molecule has 2 aromatic carbocycles. The summed E-state index contributed by atoms with van der Waals surface area (Å²) >= 11 is 0. The summed E-state index contributed by atoms with van der Waals surface area (Å²) in [4.78, 5) is 12.8. The van der Waals surface area contributed by atoms with Crippen molar-refractivity contribution < 1.29 is 22.5 Å². The van der Waals surface area contributed by atoms with E-state index in [2.05, 4.69) is 0 Å². The van der Waals surface area contributed by atoms with Crippen molar-refractivity contribution in [3.8, 4) is 0 Å². The topological polar surface area (TPSA) is 58.9 Å². The molecule has 5 nitrogen and oxygen atoms in total. The molecule has 0 unspecified atom stereocenters. The number of sulfonamides is 1. The number of nitrogens with one attached hydrogen (secondary N) is 1. The van der Waals surface area contributed by atoms with Crippen LogP contribution in [0, 0.1) is 5.82 Å². The number of carbonyl (C=O) groups excluding carboxylic acids is 1. The summed E-state index contributed by atoms with van der Waals surface area (Å²) in [6, 6.07) is 12.8. The summed E-state index contributed by atoms with van der Waals surface area (Å²) in [7, 11) is -3.63. The zero-order valence-electron chi connectivity index (χ0n) is 14.6. The number of quaternary nitrogens is 1. The molecular weight excluding hydrogens is 355 g/mol. The second-order valence-electron chi connectivity index (χ2n) is 6.51. The van der Waals surface area contributed by atoms with Gasteiger partial charge in [0, 0.05) is 11.1 Å².